The summed E-state index contributed by atoms with van der Waals surface area (Å²) in [6.07, 6.45) is 1.40. The van der Waals surface area contributed by atoms with Crippen LogP contribution in [0.15, 0.2) is 59.1 Å². The van der Waals surface area contributed by atoms with E-state index in [4.69, 9.17) is 20.9 Å². The minimum atomic E-state index is -0.687. The monoisotopic (exact) mass is 410 g/mol. The number of esters is 1. The van der Waals surface area contributed by atoms with E-state index in [-0.39, 0.29) is 11.9 Å². The molecule has 6 nitrogen and oxygen atoms in total. The quantitative estimate of drug-likeness (QED) is 0.588. The number of hydrogen-bond acceptors (Lipinski definition) is 5. The summed E-state index contributed by atoms with van der Waals surface area (Å²) in [7, 11) is 0. The van der Waals surface area contributed by atoms with Gasteiger partial charge >= 0.3 is 5.97 Å². The number of aromatic nitrogens is 1. The van der Waals surface area contributed by atoms with E-state index in [1.54, 1.807) is 49.4 Å². The average Bonchev–Trinajstić information content (AvgIpc) is 3.39. The molecular formula is C22H19ClN2O4. The first kappa shape index (κ1) is 19.2. The third kappa shape index (κ3) is 3.89. The molecule has 1 fully saturated rings. The molecule has 1 aliphatic rings. The number of carbonyl (C=O) groups is 2. The van der Waals surface area contributed by atoms with Gasteiger partial charge in [0.15, 0.2) is 5.76 Å². The number of hydrogen-bond donors (Lipinski definition) is 1. The van der Waals surface area contributed by atoms with Gasteiger partial charge in [0.25, 0.3) is 0 Å². The second-order valence-corrected chi connectivity index (χ2v) is 7.35. The summed E-state index contributed by atoms with van der Waals surface area (Å²) in [5.41, 5.74) is 1.82. The summed E-state index contributed by atoms with van der Waals surface area (Å²) in [6, 6.07) is 15.7. The van der Waals surface area contributed by atoms with Crippen molar-refractivity contribution in [2.75, 3.05) is 11.9 Å². The second-order valence-electron chi connectivity index (χ2n) is 6.92. The molecule has 148 valence electrons. The van der Waals surface area contributed by atoms with E-state index in [9.17, 15) is 9.59 Å². The molecule has 7 heteroatoms. The van der Waals surface area contributed by atoms with E-state index in [0.717, 1.165) is 5.56 Å². The van der Waals surface area contributed by atoms with E-state index in [1.807, 2.05) is 12.1 Å². The molecule has 1 amide bonds. The molecule has 1 N–H and O–H groups in total. The summed E-state index contributed by atoms with van der Waals surface area (Å²) in [6.45, 7) is 2.07. The normalized spacial score (nSPS) is 14.3. The van der Waals surface area contributed by atoms with E-state index in [0.29, 0.717) is 47.2 Å². The zero-order chi connectivity index (χ0) is 20.4. The lowest BCUT2D eigenvalue weighted by molar-refractivity contribution is -0.118. The van der Waals surface area contributed by atoms with Crippen LogP contribution in [0.2, 0.25) is 5.02 Å². The Morgan fingerprint density at radius 3 is 2.45 bits per heavy atom. The van der Waals surface area contributed by atoms with Crippen LogP contribution in [0.4, 0.5) is 5.69 Å². The van der Waals surface area contributed by atoms with Gasteiger partial charge in [-0.05, 0) is 68.3 Å². The van der Waals surface area contributed by atoms with Crippen LogP contribution < -0.4 is 5.32 Å². The summed E-state index contributed by atoms with van der Waals surface area (Å²) in [5.74, 6) is 0.0632. The molecule has 1 heterocycles. The summed E-state index contributed by atoms with van der Waals surface area (Å²) < 4.78 is 10.4. The maximum Gasteiger partial charge on any atom is 0.338 e. The fourth-order valence-corrected chi connectivity index (χ4v) is 3.26. The largest absolute Gasteiger partial charge is 0.462 e. The number of rotatable bonds is 6. The van der Waals surface area contributed by atoms with Crippen molar-refractivity contribution >= 4 is 29.2 Å². The van der Waals surface area contributed by atoms with E-state index in [1.165, 1.54) is 0 Å². The van der Waals surface area contributed by atoms with Gasteiger partial charge in [-0.3, -0.25) is 4.79 Å². The molecule has 0 aliphatic heterocycles. The molecule has 4 rings (SSSR count). The Hall–Kier alpha value is -3.12. The van der Waals surface area contributed by atoms with Gasteiger partial charge in [0.1, 0.15) is 0 Å². The molecule has 0 radical (unpaired) electrons. The fraction of sp³-hybridized carbons (Fsp3) is 0.227. The first-order valence-electron chi connectivity index (χ1n) is 9.33. The predicted octanol–water partition coefficient (Wildman–Crippen LogP) is 4.84. The number of anilines is 1. The Balaban J connectivity index is 1.48. The minimum Gasteiger partial charge on any atom is -0.462 e. The maximum atomic E-state index is 12.9. The number of amides is 1. The van der Waals surface area contributed by atoms with Crippen molar-refractivity contribution < 1.29 is 18.8 Å². The van der Waals surface area contributed by atoms with Crippen molar-refractivity contribution in [2.24, 2.45) is 0 Å². The standard InChI is InChI=1S/C22H19ClN2O4/c1-2-28-20(26)15-5-9-17(10-6-15)24-21(27)22(11-12-22)19-13-18(29-25-19)14-3-7-16(23)8-4-14/h3-10,13H,2,11-12H2,1H3,(H,24,27). The smallest absolute Gasteiger partial charge is 0.338 e. The van der Waals surface area contributed by atoms with E-state index in [2.05, 4.69) is 10.5 Å². The lowest BCUT2D eigenvalue weighted by Crippen LogP contribution is -2.28. The molecule has 1 saturated carbocycles. The van der Waals surface area contributed by atoms with Crippen LogP contribution in [0.3, 0.4) is 0 Å². The van der Waals surface area contributed by atoms with Crippen LogP contribution in [-0.4, -0.2) is 23.6 Å². The van der Waals surface area contributed by atoms with Gasteiger partial charge in [-0.1, -0.05) is 16.8 Å². The second kappa shape index (κ2) is 7.72. The minimum absolute atomic E-state index is 0.141. The van der Waals surface area contributed by atoms with Gasteiger partial charge < -0.3 is 14.6 Å². The molecule has 1 aromatic heterocycles. The lowest BCUT2D eigenvalue weighted by atomic mass is 10.00. The highest BCUT2D eigenvalue weighted by Gasteiger charge is 2.53. The third-order valence-corrected chi connectivity index (χ3v) is 5.22. The highest BCUT2D eigenvalue weighted by atomic mass is 35.5. The van der Waals surface area contributed by atoms with E-state index >= 15 is 0 Å². The zero-order valence-electron chi connectivity index (χ0n) is 15.8. The molecule has 0 unspecified atom stereocenters. The number of nitrogens with zero attached hydrogens (tertiary/aromatic N) is 1. The summed E-state index contributed by atoms with van der Waals surface area (Å²) in [5, 5.41) is 7.69. The number of nitrogens with one attached hydrogen (secondary N) is 1. The predicted molar refractivity (Wildman–Crippen MR) is 109 cm³/mol. The van der Waals surface area contributed by atoms with Crippen LogP contribution >= 0.6 is 11.6 Å². The topological polar surface area (TPSA) is 81.4 Å². The molecule has 0 spiro atoms. The van der Waals surface area contributed by atoms with Crippen LogP contribution in [0.25, 0.3) is 11.3 Å². The summed E-state index contributed by atoms with van der Waals surface area (Å²) >= 11 is 5.92. The fourth-order valence-electron chi connectivity index (χ4n) is 3.13. The maximum absolute atomic E-state index is 12.9. The van der Waals surface area contributed by atoms with Crippen molar-refractivity contribution in [1.82, 2.24) is 5.16 Å². The van der Waals surface area contributed by atoms with Crippen LogP contribution in [0, 0.1) is 0 Å². The van der Waals surface area contributed by atoms with Crippen LogP contribution in [-0.2, 0) is 14.9 Å². The van der Waals surface area contributed by atoms with E-state index < -0.39 is 5.41 Å². The average molecular weight is 411 g/mol. The Kier molecular flexibility index (Phi) is 5.11. The molecular weight excluding hydrogens is 392 g/mol. The van der Waals surface area contributed by atoms with Gasteiger partial charge in [0, 0.05) is 22.3 Å². The molecule has 2 aromatic carbocycles. The number of halogens is 1. The SMILES string of the molecule is CCOC(=O)c1ccc(NC(=O)C2(c3cc(-c4ccc(Cl)cc4)on3)CC2)cc1. The van der Waals surface area contributed by atoms with Crippen molar-refractivity contribution in [3.8, 4) is 11.3 Å². The molecule has 0 saturated heterocycles. The van der Waals surface area contributed by atoms with Crippen molar-refractivity contribution in [1.29, 1.82) is 0 Å². The first-order chi connectivity index (χ1) is 14.0. The molecule has 0 bridgehead atoms. The Morgan fingerprint density at radius 1 is 1.14 bits per heavy atom. The van der Waals surface area contributed by atoms with Gasteiger partial charge in [-0.15, -0.1) is 0 Å². The van der Waals surface area contributed by atoms with Crippen LogP contribution in [0.1, 0.15) is 35.8 Å². The number of ether oxygens (including phenoxy) is 1. The van der Waals surface area contributed by atoms with Gasteiger partial charge in [-0.2, -0.15) is 0 Å². The van der Waals surface area contributed by atoms with Gasteiger partial charge in [-0.25, -0.2) is 4.79 Å². The molecule has 0 atom stereocenters. The highest BCUT2D eigenvalue weighted by molar-refractivity contribution is 6.30. The van der Waals surface area contributed by atoms with Gasteiger partial charge in [0.05, 0.1) is 23.3 Å². The zero-order valence-corrected chi connectivity index (χ0v) is 16.5. The molecule has 1 aliphatic carbocycles. The number of carbonyl (C=O) groups excluding carboxylic acids is 2. The Bertz CT molecular complexity index is 1040. The lowest BCUT2D eigenvalue weighted by Gasteiger charge is -2.12. The third-order valence-electron chi connectivity index (χ3n) is 4.97. The number of benzene rings is 2. The Morgan fingerprint density at radius 2 is 1.83 bits per heavy atom. The van der Waals surface area contributed by atoms with Gasteiger partial charge in [0.2, 0.25) is 5.91 Å². The summed E-state index contributed by atoms with van der Waals surface area (Å²) in [4.78, 5) is 24.6. The Labute approximate surface area is 172 Å². The van der Waals surface area contributed by atoms with Crippen molar-refractivity contribution in [3.63, 3.8) is 0 Å². The molecule has 29 heavy (non-hydrogen) atoms. The highest BCUT2D eigenvalue weighted by Crippen LogP contribution is 2.49. The van der Waals surface area contributed by atoms with Crippen molar-refractivity contribution in [3.05, 3.63) is 70.9 Å². The first-order valence-corrected chi connectivity index (χ1v) is 9.71. The van der Waals surface area contributed by atoms with Crippen molar-refractivity contribution in [2.45, 2.75) is 25.2 Å². The van der Waals surface area contributed by atoms with Crippen LogP contribution in [0.5, 0.6) is 0 Å². The molecule has 3 aromatic rings.